The highest BCUT2D eigenvalue weighted by atomic mass is 19.3. The first kappa shape index (κ1) is 11.4. The quantitative estimate of drug-likeness (QED) is 0.844. The molecule has 0 aliphatic rings. The van der Waals surface area contributed by atoms with E-state index in [0.29, 0.717) is 5.76 Å². The fourth-order valence-electron chi connectivity index (χ4n) is 0.869. The first-order chi connectivity index (χ1) is 7.09. The van der Waals surface area contributed by atoms with Gasteiger partial charge in [-0.2, -0.15) is 8.78 Å². The van der Waals surface area contributed by atoms with Crippen molar-refractivity contribution >= 4 is 5.91 Å². The molecule has 0 radical (unpaired) electrons. The van der Waals surface area contributed by atoms with E-state index in [9.17, 15) is 18.0 Å². The van der Waals surface area contributed by atoms with Crippen LogP contribution in [0.4, 0.5) is 13.2 Å². The Morgan fingerprint density at radius 1 is 1.40 bits per heavy atom. The molecule has 0 saturated heterocycles. The molecule has 0 aliphatic carbocycles. The third-order valence-corrected chi connectivity index (χ3v) is 1.56. The largest absolute Gasteiger partial charge is 0.467 e. The molecule has 1 aromatic heterocycles. The van der Waals surface area contributed by atoms with Crippen molar-refractivity contribution < 1.29 is 22.4 Å². The summed E-state index contributed by atoms with van der Waals surface area (Å²) in [6.45, 7) is 0.0486. The molecule has 15 heavy (non-hydrogen) atoms. The molecule has 0 unspecified atom stereocenters. The van der Waals surface area contributed by atoms with Crippen LogP contribution in [0.2, 0.25) is 0 Å². The predicted octanol–water partition coefficient (Wildman–Crippen LogP) is 2.36. The third kappa shape index (κ3) is 3.88. The molecule has 1 heterocycles. The van der Waals surface area contributed by atoms with Crippen LogP contribution in [0.5, 0.6) is 0 Å². The zero-order valence-corrected chi connectivity index (χ0v) is 7.60. The number of nitrogens with one attached hydrogen (secondary N) is 1. The number of halogens is 3. The summed E-state index contributed by atoms with van der Waals surface area (Å²) in [5, 5.41) is 2.23. The Balaban J connectivity index is 2.35. The van der Waals surface area contributed by atoms with Crippen molar-refractivity contribution in [2.24, 2.45) is 0 Å². The van der Waals surface area contributed by atoms with E-state index in [1.54, 1.807) is 12.1 Å². The summed E-state index contributed by atoms with van der Waals surface area (Å²) < 4.78 is 40.4. The standard InChI is InChI=1S/C9H8F3NO2/c10-7(9(11)12)4-8(14)13-5-6-2-1-3-15-6/h1-3H,4-5H2,(H,13,14). The van der Waals surface area contributed by atoms with Crippen LogP contribution in [0.25, 0.3) is 0 Å². The lowest BCUT2D eigenvalue weighted by atomic mass is 10.3. The smallest absolute Gasteiger partial charge is 0.302 e. The van der Waals surface area contributed by atoms with Crippen molar-refractivity contribution in [3.63, 3.8) is 0 Å². The summed E-state index contributed by atoms with van der Waals surface area (Å²) >= 11 is 0. The molecule has 6 heteroatoms. The van der Waals surface area contributed by atoms with E-state index in [0.717, 1.165) is 0 Å². The topological polar surface area (TPSA) is 42.2 Å². The van der Waals surface area contributed by atoms with Crippen LogP contribution in [0.3, 0.4) is 0 Å². The van der Waals surface area contributed by atoms with Crippen LogP contribution in [-0.4, -0.2) is 5.91 Å². The Morgan fingerprint density at radius 2 is 2.13 bits per heavy atom. The molecular weight excluding hydrogens is 211 g/mol. The van der Waals surface area contributed by atoms with Gasteiger partial charge >= 0.3 is 6.08 Å². The molecule has 82 valence electrons. The van der Waals surface area contributed by atoms with Crippen LogP contribution < -0.4 is 5.32 Å². The Bertz CT molecular complexity index is 355. The lowest BCUT2D eigenvalue weighted by Gasteiger charge is -2.00. The van der Waals surface area contributed by atoms with Gasteiger partial charge in [-0.05, 0) is 12.1 Å². The second-order valence-electron chi connectivity index (χ2n) is 2.70. The van der Waals surface area contributed by atoms with E-state index < -0.39 is 24.2 Å². The van der Waals surface area contributed by atoms with Gasteiger partial charge in [0.25, 0.3) is 0 Å². The van der Waals surface area contributed by atoms with E-state index in [4.69, 9.17) is 4.42 Å². The zero-order valence-electron chi connectivity index (χ0n) is 7.60. The Hall–Kier alpha value is -1.72. The van der Waals surface area contributed by atoms with Gasteiger partial charge in [0.2, 0.25) is 5.91 Å². The number of hydrogen-bond donors (Lipinski definition) is 1. The van der Waals surface area contributed by atoms with E-state index in [1.807, 2.05) is 0 Å². The lowest BCUT2D eigenvalue weighted by Crippen LogP contribution is -2.22. The molecule has 1 N–H and O–H groups in total. The minimum atomic E-state index is -2.47. The van der Waals surface area contributed by atoms with Crippen molar-refractivity contribution in [3.8, 4) is 0 Å². The Labute approximate surface area is 83.6 Å². The number of carbonyl (C=O) groups excluding carboxylic acids is 1. The number of furan rings is 1. The Kier molecular flexibility index (Phi) is 3.96. The molecule has 0 aromatic carbocycles. The molecule has 0 bridgehead atoms. The summed E-state index contributed by atoms with van der Waals surface area (Å²) in [4.78, 5) is 10.9. The maximum atomic E-state index is 12.3. The predicted molar refractivity (Wildman–Crippen MR) is 45.5 cm³/mol. The molecule has 0 fully saturated rings. The highest BCUT2D eigenvalue weighted by molar-refractivity contribution is 5.77. The first-order valence-corrected chi connectivity index (χ1v) is 4.08. The van der Waals surface area contributed by atoms with Gasteiger partial charge in [0.1, 0.15) is 5.76 Å². The Morgan fingerprint density at radius 3 is 2.67 bits per heavy atom. The van der Waals surface area contributed by atoms with Gasteiger partial charge in [0.15, 0.2) is 5.83 Å². The summed E-state index contributed by atoms with van der Waals surface area (Å²) in [6.07, 6.45) is -2.02. The van der Waals surface area contributed by atoms with Gasteiger partial charge in [-0.25, -0.2) is 4.39 Å². The zero-order chi connectivity index (χ0) is 11.3. The lowest BCUT2D eigenvalue weighted by molar-refractivity contribution is -0.121. The molecule has 0 spiro atoms. The highest BCUT2D eigenvalue weighted by Crippen LogP contribution is 2.12. The van der Waals surface area contributed by atoms with Crippen LogP contribution in [0.1, 0.15) is 12.2 Å². The van der Waals surface area contributed by atoms with E-state index in [1.165, 1.54) is 6.26 Å². The van der Waals surface area contributed by atoms with Crippen molar-refractivity contribution in [1.82, 2.24) is 5.32 Å². The van der Waals surface area contributed by atoms with E-state index in [2.05, 4.69) is 5.32 Å². The summed E-state index contributed by atoms with van der Waals surface area (Å²) in [7, 11) is 0. The number of hydrogen-bond acceptors (Lipinski definition) is 2. The van der Waals surface area contributed by atoms with E-state index >= 15 is 0 Å². The molecule has 1 amide bonds. The van der Waals surface area contributed by atoms with Gasteiger partial charge in [-0.3, -0.25) is 4.79 Å². The maximum absolute atomic E-state index is 12.3. The summed E-state index contributed by atoms with van der Waals surface area (Å²) in [6, 6.07) is 3.21. The van der Waals surface area contributed by atoms with Crippen molar-refractivity contribution in [1.29, 1.82) is 0 Å². The van der Waals surface area contributed by atoms with Crippen molar-refractivity contribution in [2.75, 3.05) is 0 Å². The van der Waals surface area contributed by atoms with Crippen molar-refractivity contribution in [3.05, 3.63) is 36.1 Å². The first-order valence-electron chi connectivity index (χ1n) is 4.08. The fraction of sp³-hybridized carbons (Fsp3) is 0.222. The number of amides is 1. The number of rotatable bonds is 4. The van der Waals surface area contributed by atoms with Gasteiger partial charge in [-0.1, -0.05) is 0 Å². The fourth-order valence-corrected chi connectivity index (χ4v) is 0.869. The maximum Gasteiger partial charge on any atom is 0.302 e. The van der Waals surface area contributed by atoms with Crippen LogP contribution in [0, 0.1) is 0 Å². The molecule has 0 aliphatic heterocycles. The third-order valence-electron chi connectivity index (χ3n) is 1.56. The summed E-state index contributed by atoms with van der Waals surface area (Å²) in [5.74, 6) is -2.07. The van der Waals surface area contributed by atoms with Crippen molar-refractivity contribution in [2.45, 2.75) is 13.0 Å². The van der Waals surface area contributed by atoms with Crippen LogP contribution in [0.15, 0.2) is 34.7 Å². The average molecular weight is 219 g/mol. The summed E-state index contributed by atoms with van der Waals surface area (Å²) in [5.41, 5.74) is 0. The molecule has 1 aromatic rings. The monoisotopic (exact) mass is 219 g/mol. The van der Waals surface area contributed by atoms with Gasteiger partial charge in [0.05, 0.1) is 19.2 Å². The van der Waals surface area contributed by atoms with E-state index in [-0.39, 0.29) is 6.54 Å². The number of carbonyl (C=O) groups is 1. The molecule has 1 rings (SSSR count). The SMILES string of the molecule is O=C(CC(F)=C(F)F)NCc1ccco1. The van der Waals surface area contributed by atoms with Crippen LogP contribution >= 0.6 is 0 Å². The second-order valence-corrected chi connectivity index (χ2v) is 2.70. The normalized spacial score (nSPS) is 9.80. The molecule has 0 saturated carbocycles. The highest BCUT2D eigenvalue weighted by Gasteiger charge is 2.11. The van der Waals surface area contributed by atoms with Gasteiger partial charge < -0.3 is 9.73 Å². The molecular formula is C9H8F3NO2. The minimum absolute atomic E-state index is 0.0486. The average Bonchev–Trinajstić information content (AvgIpc) is 2.66. The molecule has 0 atom stereocenters. The van der Waals surface area contributed by atoms with Gasteiger partial charge in [0, 0.05) is 0 Å². The second kappa shape index (κ2) is 5.23. The minimum Gasteiger partial charge on any atom is -0.467 e. The van der Waals surface area contributed by atoms with Gasteiger partial charge in [-0.15, -0.1) is 0 Å². The molecule has 3 nitrogen and oxygen atoms in total. The van der Waals surface area contributed by atoms with Crippen LogP contribution in [-0.2, 0) is 11.3 Å².